The smallest absolute Gasteiger partial charge is 0.0523 e. The molecule has 2 aliphatic heterocycles. The molecular weight excluding hydrogens is 242 g/mol. The van der Waals surface area contributed by atoms with Crippen molar-refractivity contribution in [2.24, 2.45) is 5.92 Å². The summed E-state index contributed by atoms with van der Waals surface area (Å²) in [6.45, 7) is 6.87. The molecule has 1 heteroatoms. The molecule has 0 saturated heterocycles. The first kappa shape index (κ1) is 11.8. The lowest BCUT2D eigenvalue weighted by molar-refractivity contribution is 0.602. The molecule has 0 fully saturated rings. The van der Waals surface area contributed by atoms with Gasteiger partial charge in [-0.3, -0.25) is 0 Å². The number of hydrogen-bond acceptors (Lipinski definition) is 1. The number of nitrogens with zero attached hydrogens (tertiary/aromatic N) is 1. The molecule has 1 unspecified atom stereocenters. The van der Waals surface area contributed by atoms with Gasteiger partial charge in [-0.1, -0.05) is 55.5 Å². The summed E-state index contributed by atoms with van der Waals surface area (Å²) in [6.07, 6.45) is 2.43. The zero-order valence-corrected chi connectivity index (χ0v) is 12.2. The Balaban J connectivity index is 2.10. The molecule has 2 heterocycles. The maximum Gasteiger partial charge on any atom is 0.0523 e. The maximum atomic E-state index is 2.54. The summed E-state index contributed by atoms with van der Waals surface area (Å²) in [5.74, 6) is 0.587. The van der Waals surface area contributed by atoms with E-state index >= 15 is 0 Å². The second kappa shape index (κ2) is 3.99. The van der Waals surface area contributed by atoms with Gasteiger partial charge in [-0.2, -0.15) is 0 Å². The third-order valence-corrected chi connectivity index (χ3v) is 4.82. The maximum absolute atomic E-state index is 2.54. The Labute approximate surface area is 120 Å². The van der Waals surface area contributed by atoms with Crippen LogP contribution in [-0.4, -0.2) is 6.04 Å². The van der Waals surface area contributed by atoms with E-state index < -0.39 is 0 Å². The molecule has 1 nitrogen and oxygen atoms in total. The topological polar surface area (TPSA) is 3.24 Å². The quantitative estimate of drug-likeness (QED) is 0.654. The lowest BCUT2D eigenvalue weighted by atomic mass is 9.90. The summed E-state index contributed by atoms with van der Waals surface area (Å²) in [5.41, 5.74) is 8.27. The van der Waals surface area contributed by atoms with Gasteiger partial charge in [0.2, 0.25) is 0 Å². The summed E-state index contributed by atoms with van der Waals surface area (Å²) in [4.78, 5) is 2.54. The Morgan fingerprint density at radius 2 is 1.55 bits per heavy atom. The Kier molecular flexibility index (Phi) is 2.35. The fourth-order valence-corrected chi connectivity index (χ4v) is 3.60. The molecule has 0 N–H and O–H groups in total. The zero-order chi connectivity index (χ0) is 13.9. The number of anilines is 1. The Morgan fingerprint density at radius 3 is 2.35 bits per heavy atom. The lowest BCUT2D eigenvalue weighted by Crippen LogP contribution is -2.32. The van der Waals surface area contributed by atoms with Crippen LogP contribution in [0.3, 0.4) is 0 Å². The first-order chi connectivity index (χ1) is 9.68. The monoisotopic (exact) mass is 261 g/mol. The van der Waals surface area contributed by atoms with Gasteiger partial charge in [0.15, 0.2) is 0 Å². The third kappa shape index (κ3) is 1.38. The van der Waals surface area contributed by atoms with Crippen LogP contribution in [0.25, 0.3) is 16.8 Å². The second-order valence-electron chi connectivity index (χ2n) is 6.04. The fraction of sp³-hybridized carbons (Fsp3) is 0.263. The van der Waals surface area contributed by atoms with Gasteiger partial charge in [-0.15, -0.1) is 0 Å². The Bertz CT molecular complexity index is 726. The van der Waals surface area contributed by atoms with Crippen molar-refractivity contribution in [3.05, 3.63) is 59.7 Å². The molecule has 4 rings (SSSR count). The number of hydrogen-bond donors (Lipinski definition) is 0. The van der Waals surface area contributed by atoms with Crippen molar-refractivity contribution in [3.8, 4) is 11.1 Å². The van der Waals surface area contributed by atoms with E-state index in [0.29, 0.717) is 12.0 Å². The molecule has 0 bridgehead atoms. The highest BCUT2D eigenvalue weighted by molar-refractivity contribution is 6.01. The molecule has 0 aromatic heterocycles. The molecule has 100 valence electrons. The van der Waals surface area contributed by atoms with Crippen LogP contribution in [-0.2, 0) is 0 Å². The minimum absolute atomic E-state index is 0.526. The van der Waals surface area contributed by atoms with Gasteiger partial charge in [0.1, 0.15) is 0 Å². The van der Waals surface area contributed by atoms with Gasteiger partial charge in [-0.25, -0.2) is 0 Å². The first-order valence-electron chi connectivity index (χ1n) is 7.39. The van der Waals surface area contributed by atoms with Crippen molar-refractivity contribution in [2.75, 3.05) is 4.90 Å². The van der Waals surface area contributed by atoms with Crippen LogP contribution < -0.4 is 4.90 Å². The average molecular weight is 261 g/mol. The van der Waals surface area contributed by atoms with E-state index in [4.69, 9.17) is 0 Å². The van der Waals surface area contributed by atoms with E-state index in [0.717, 1.165) is 0 Å². The van der Waals surface area contributed by atoms with Crippen LogP contribution in [0, 0.1) is 12.8 Å². The number of fused-ring (bicyclic) bond motifs is 6. The van der Waals surface area contributed by atoms with E-state index in [2.05, 4.69) is 74.2 Å². The van der Waals surface area contributed by atoms with Crippen LogP contribution >= 0.6 is 0 Å². The molecule has 20 heavy (non-hydrogen) atoms. The van der Waals surface area contributed by atoms with Gasteiger partial charge in [0, 0.05) is 22.9 Å². The van der Waals surface area contributed by atoms with Crippen molar-refractivity contribution in [3.63, 3.8) is 0 Å². The summed E-state index contributed by atoms with van der Waals surface area (Å²) >= 11 is 0. The molecule has 0 aliphatic carbocycles. The molecule has 0 spiro atoms. The Morgan fingerprint density at radius 1 is 0.850 bits per heavy atom. The summed E-state index contributed by atoms with van der Waals surface area (Å²) in [6, 6.07) is 16.0. The normalized spacial score (nSPS) is 22.9. The third-order valence-electron chi connectivity index (χ3n) is 4.82. The van der Waals surface area contributed by atoms with Crippen LogP contribution in [0.2, 0.25) is 0 Å². The first-order valence-corrected chi connectivity index (χ1v) is 7.39. The summed E-state index contributed by atoms with van der Waals surface area (Å²) in [7, 11) is 0. The molecule has 2 atom stereocenters. The van der Waals surface area contributed by atoms with Crippen molar-refractivity contribution in [1.29, 1.82) is 0 Å². The van der Waals surface area contributed by atoms with Gasteiger partial charge < -0.3 is 4.90 Å². The van der Waals surface area contributed by atoms with Gasteiger partial charge in [-0.05, 0) is 30.9 Å². The largest absolute Gasteiger partial charge is 0.337 e. The SMILES string of the molecule is Cc1cccc2c1N1C(=CC(C)[C@@H]1C)c1ccccc1-2. The minimum atomic E-state index is 0.526. The summed E-state index contributed by atoms with van der Waals surface area (Å²) in [5, 5.41) is 0. The molecule has 0 radical (unpaired) electrons. The number of rotatable bonds is 0. The van der Waals surface area contributed by atoms with Gasteiger partial charge in [0.25, 0.3) is 0 Å². The number of para-hydroxylation sites is 1. The van der Waals surface area contributed by atoms with Gasteiger partial charge >= 0.3 is 0 Å². The standard InChI is InChI=1S/C19H19N/c1-12-7-6-10-17-15-8-4-5-9-16(15)18-11-13(2)14(3)20(18)19(12)17/h4-11,13-14H,1-3H3/t13?,14-/m0/s1. The highest BCUT2D eigenvalue weighted by Crippen LogP contribution is 2.50. The van der Waals surface area contributed by atoms with Crippen molar-refractivity contribution in [1.82, 2.24) is 0 Å². The van der Waals surface area contributed by atoms with Crippen LogP contribution in [0.15, 0.2) is 48.5 Å². The molecule has 2 aliphatic rings. The van der Waals surface area contributed by atoms with E-state index in [1.165, 1.54) is 33.6 Å². The van der Waals surface area contributed by atoms with E-state index in [1.807, 2.05) is 0 Å². The highest BCUT2D eigenvalue weighted by Gasteiger charge is 2.36. The number of benzene rings is 2. The molecule has 2 aromatic rings. The number of aryl methyl sites for hydroxylation is 1. The lowest BCUT2D eigenvalue weighted by Gasteiger charge is -2.37. The van der Waals surface area contributed by atoms with Crippen molar-refractivity contribution < 1.29 is 0 Å². The minimum Gasteiger partial charge on any atom is -0.337 e. The van der Waals surface area contributed by atoms with Gasteiger partial charge in [0.05, 0.1) is 5.69 Å². The zero-order valence-electron chi connectivity index (χ0n) is 12.2. The predicted octanol–water partition coefficient (Wildman–Crippen LogP) is 4.86. The average Bonchev–Trinajstić information content (AvgIpc) is 2.76. The molecule has 0 amide bonds. The second-order valence-corrected chi connectivity index (χ2v) is 6.04. The Hall–Kier alpha value is -2.02. The van der Waals surface area contributed by atoms with E-state index in [-0.39, 0.29) is 0 Å². The van der Waals surface area contributed by atoms with Crippen LogP contribution in [0.4, 0.5) is 5.69 Å². The fourth-order valence-electron chi connectivity index (χ4n) is 3.60. The van der Waals surface area contributed by atoms with Crippen LogP contribution in [0.5, 0.6) is 0 Å². The highest BCUT2D eigenvalue weighted by atomic mass is 15.2. The van der Waals surface area contributed by atoms with Crippen LogP contribution in [0.1, 0.15) is 25.0 Å². The van der Waals surface area contributed by atoms with Crippen molar-refractivity contribution >= 4 is 11.4 Å². The van der Waals surface area contributed by atoms with E-state index in [9.17, 15) is 0 Å². The van der Waals surface area contributed by atoms with E-state index in [1.54, 1.807) is 0 Å². The molecule has 2 aromatic carbocycles. The van der Waals surface area contributed by atoms with Crippen molar-refractivity contribution in [2.45, 2.75) is 26.8 Å². The molecular formula is C19H19N. The predicted molar refractivity (Wildman–Crippen MR) is 85.7 cm³/mol. The summed E-state index contributed by atoms with van der Waals surface area (Å²) < 4.78 is 0. The molecule has 0 saturated carbocycles.